The van der Waals surface area contributed by atoms with Crippen molar-refractivity contribution in [1.82, 2.24) is 10.2 Å². The zero-order valence-electron chi connectivity index (χ0n) is 13.3. The molecule has 0 aromatic heterocycles. The van der Waals surface area contributed by atoms with E-state index in [1.165, 1.54) is 96.7 Å². The van der Waals surface area contributed by atoms with Gasteiger partial charge in [0.2, 0.25) is 0 Å². The van der Waals surface area contributed by atoms with Gasteiger partial charge in [-0.15, -0.1) is 0 Å². The average Bonchev–Trinajstić information content (AvgIpc) is 2.55. The lowest BCUT2D eigenvalue weighted by Gasteiger charge is -2.44. The topological polar surface area (TPSA) is 15.3 Å². The summed E-state index contributed by atoms with van der Waals surface area (Å²) in [6, 6.07) is 1.85. The molecule has 3 aliphatic rings. The Labute approximate surface area is 125 Å². The number of piperidine rings is 1. The summed E-state index contributed by atoms with van der Waals surface area (Å²) in [4.78, 5) is 3.00. The van der Waals surface area contributed by atoms with Crippen LogP contribution in [0.25, 0.3) is 0 Å². The molecule has 3 rings (SSSR count). The van der Waals surface area contributed by atoms with Crippen LogP contribution < -0.4 is 5.32 Å². The van der Waals surface area contributed by atoms with Crippen LogP contribution in [0.3, 0.4) is 0 Å². The molecule has 1 N–H and O–H groups in total. The predicted octanol–water partition coefficient (Wildman–Crippen LogP) is 3.95. The zero-order chi connectivity index (χ0) is 13.6. The van der Waals surface area contributed by atoms with E-state index in [-0.39, 0.29) is 0 Å². The van der Waals surface area contributed by atoms with Crippen LogP contribution in [0, 0.1) is 5.92 Å². The van der Waals surface area contributed by atoms with Crippen molar-refractivity contribution in [2.45, 2.75) is 89.1 Å². The maximum atomic E-state index is 3.62. The lowest BCUT2D eigenvalue weighted by atomic mass is 9.87. The van der Waals surface area contributed by atoms with Crippen LogP contribution in [0.4, 0.5) is 0 Å². The Hall–Kier alpha value is -0.0800. The summed E-state index contributed by atoms with van der Waals surface area (Å²) in [5.74, 6) is 0.924. The molecule has 0 radical (unpaired) electrons. The second kappa shape index (κ2) is 7.79. The number of hydrogen-bond acceptors (Lipinski definition) is 2. The van der Waals surface area contributed by atoms with Crippen molar-refractivity contribution in [3.63, 3.8) is 0 Å². The van der Waals surface area contributed by atoms with Gasteiger partial charge in [-0.25, -0.2) is 0 Å². The molecule has 1 aliphatic heterocycles. The van der Waals surface area contributed by atoms with Crippen molar-refractivity contribution < 1.29 is 0 Å². The number of nitrogens with one attached hydrogen (secondary N) is 1. The standard InChI is InChI=1S/C18H34N2/c1-3-9-17(10-4-1)20(18-11-5-2-6-12-18)15-16-8-7-13-19-14-16/h16-19H,1-15H2. The second-order valence-electron chi connectivity index (χ2n) is 7.49. The van der Waals surface area contributed by atoms with Gasteiger partial charge < -0.3 is 5.32 Å². The highest BCUT2D eigenvalue weighted by atomic mass is 15.2. The minimum absolute atomic E-state index is 0.924. The molecule has 0 spiro atoms. The lowest BCUT2D eigenvalue weighted by Crippen LogP contribution is -2.49. The smallest absolute Gasteiger partial charge is 0.00983 e. The molecule has 2 saturated carbocycles. The van der Waals surface area contributed by atoms with Crippen LogP contribution in [-0.4, -0.2) is 36.6 Å². The summed E-state index contributed by atoms with van der Waals surface area (Å²) < 4.78 is 0. The van der Waals surface area contributed by atoms with E-state index in [0.29, 0.717) is 0 Å². The van der Waals surface area contributed by atoms with E-state index < -0.39 is 0 Å². The fourth-order valence-corrected chi connectivity index (χ4v) is 4.80. The minimum Gasteiger partial charge on any atom is -0.316 e. The second-order valence-corrected chi connectivity index (χ2v) is 7.49. The first-order valence-electron chi connectivity index (χ1n) is 9.40. The normalized spacial score (nSPS) is 30.8. The molecule has 0 aromatic rings. The summed E-state index contributed by atoms with van der Waals surface area (Å²) in [5, 5.41) is 3.62. The number of rotatable bonds is 4. The quantitative estimate of drug-likeness (QED) is 0.837. The first kappa shape index (κ1) is 14.8. The van der Waals surface area contributed by atoms with Crippen molar-refractivity contribution in [2.24, 2.45) is 5.92 Å². The Kier molecular flexibility index (Phi) is 5.78. The first-order valence-corrected chi connectivity index (χ1v) is 9.40. The molecule has 2 nitrogen and oxygen atoms in total. The molecule has 0 aromatic carbocycles. The van der Waals surface area contributed by atoms with Gasteiger partial charge in [0.25, 0.3) is 0 Å². The van der Waals surface area contributed by atoms with Crippen molar-refractivity contribution in [1.29, 1.82) is 0 Å². The number of hydrogen-bond donors (Lipinski definition) is 1. The summed E-state index contributed by atoms with van der Waals surface area (Å²) in [5.41, 5.74) is 0. The summed E-state index contributed by atoms with van der Waals surface area (Å²) in [7, 11) is 0. The SMILES string of the molecule is C1CCC(N(CC2CCCNC2)C2CCCCC2)CC1. The minimum atomic E-state index is 0.924. The van der Waals surface area contributed by atoms with Gasteiger partial charge in [0.15, 0.2) is 0 Å². The fourth-order valence-electron chi connectivity index (χ4n) is 4.80. The van der Waals surface area contributed by atoms with E-state index in [9.17, 15) is 0 Å². The molecule has 2 aliphatic carbocycles. The van der Waals surface area contributed by atoms with Crippen LogP contribution in [0.2, 0.25) is 0 Å². The Balaban J connectivity index is 1.61. The van der Waals surface area contributed by atoms with E-state index in [4.69, 9.17) is 0 Å². The fraction of sp³-hybridized carbons (Fsp3) is 1.00. The predicted molar refractivity (Wildman–Crippen MR) is 86.0 cm³/mol. The molecule has 0 amide bonds. The molecule has 1 atom stereocenters. The summed E-state index contributed by atoms with van der Waals surface area (Å²) in [6.07, 6.45) is 17.7. The summed E-state index contributed by atoms with van der Waals surface area (Å²) >= 11 is 0. The molecule has 1 saturated heterocycles. The third kappa shape index (κ3) is 3.98. The van der Waals surface area contributed by atoms with E-state index in [1.54, 1.807) is 0 Å². The maximum Gasteiger partial charge on any atom is 0.00983 e. The Bertz CT molecular complexity index is 243. The van der Waals surface area contributed by atoms with Gasteiger partial charge in [-0.05, 0) is 57.5 Å². The molecule has 2 heteroatoms. The van der Waals surface area contributed by atoms with E-state index >= 15 is 0 Å². The molecule has 116 valence electrons. The van der Waals surface area contributed by atoms with Crippen molar-refractivity contribution >= 4 is 0 Å². The van der Waals surface area contributed by atoms with Crippen molar-refractivity contribution in [3.8, 4) is 0 Å². The highest BCUT2D eigenvalue weighted by Crippen LogP contribution is 2.31. The highest BCUT2D eigenvalue weighted by Gasteiger charge is 2.30. The van der Waals surface area contributed by atoms with Crippen LogP contribution >= 0.6 is 0 Å². The molecular formula is C18H34N2. The van der Waals surface area contributed by atoms with E-state index in [2.05, 4.69) is 10.2 Å². The number of nitrogens with zero attached hydrogens (tertiary/aromatic N) is 1. The molecule has 3 fully saturated rings. The third-order valence-electron chi connectivity index (χ3n) is 5.96. The lowest BCUT2D eigenvalue weighted by molar-refractivity contribution is 0.0595. The largest absolute Gasteiger partial charge is 0.316 e. The van der Waals surface area contributed by atoms with Crippen LogP contribution in [0.15, 0.2) is 0 Å². The maximum absolute atomic E-state index is 3.62. The monoisotopic (exact) mass is 278 g/mol. The van der Waals surface area contributed by atoms with E-state index in [1.807, 2.05) is 0 Å². The molecule has 20 heavy (non-hydrogen) atoms. The van der Waals surface area contributed by atoms with Gasteiger partial charge >= 0.3 is 0 Å². The van der Waals surface area contributed by atoms with Gasteiger partial charge in [0, 0.05) is 18.6 Å². The van der Waals surface area contributed by atoms with Crippen LogP contribution in [0.5, 0.6) is 0 Å². The van der Waals surface area contributed by atoms with Gasteiger partial charge in [-0.3, -0.25) is 4.90 Å². The molecule has 1 heterocycles. The highest BCUT2D eigenvalue weighted by molar-refractivity contribution is 4.86. The van der Waals surface area contributed by atoms with Crippen LogP contribution in [-0.2, 0) is 0 Å². The zero-order valence-corrected chi connectivity index (χ0v) is 13.3. The molecule has 0 bridgehead atoms. The Morgan fingerprint density at radius 2 is 1.30 bits per heavy atom. The Morgan fingerprint density at radius 1 is 0.700 bits per heavy atom. The van der Waals surface area contributed by atoms with Gasteiger partial charge in [0.1, 0.15) is 0 Å². The first-order chi connectivity index (χ1) is 9.93. The summed E-state index contributed by atoms with van der Waals surface area (Å²) in [6.45, 7) is 3.92. The van der Waals surface area contributed by atoms with Gasteiger partial charge in [0.05, 0.1) is 0 Å². The molecular weight excluding hydrogens is 244 g/mol. The van der Waals surface area contributed by atoms with E-state index in [0.717, 1.165) is 18.0 Å². The average molecular weight is 278 g/mol. The van der Waals surface area contributed by atoms with Crippen molar-refractivity contribution in [2.75, 3.05) is 19.6 Å². The van der Waals surface area contributed by atoms with Gasteiger partial charge in [-0.2, -0.15) is 0 Å². The Morgan fingerprint density at radius 3 is 1.80 bits per heavy atom. The third-order valence-corrected chi connectivity index (χ3v) is 5.96. The van der Waals surface area contributed by atoms with Gasteiger partial charge in [-0.1, -0.05) is 38.5 Å². The van der Waals surface area contributed by atoms with Crippen molar-refractivity contribution in [3.05, 3.63) is 0 Å². The molecule has 1 unspecified atom stereocenters. The van der Waals surface area contributed by atoms with Crippen LogP contribution in [0.1, 0.15) is 77.0 Å².